The first-order valence-corrected chi connectivity index (χ1v) is 7.79. The van der Waals surface area contributed by atoms with E-state index in [0.717, 1.165) is 38.5 Å². The van der Waals surface area contributed by atoms with E-state index in [1.165, 1.54) is 5.01 Å². The highest BCUT2D eigenvalue weighted by Crippen LogP contribution is 2.25. The van der Waals surface area contributed by atoms with Gasteiger partial charge in [-0.2, -0.15) is 0 Å². The number of morpholine rings is 1. The van der Waals surface area contributed by atoms with Crippen LogP contribution in [0.5, 0.6) is 0 Å². The molecule has 0 amide bonds. The van der Waals surface area contributed by atoms with Crippen LogP contribution in [0.3, 0.4) is 0 Å². The quantitative estimate of drug-likeness (QED) is 0.915. The summed E-state index contributed by atoms with van der Waals surface area (Å²) in [5.41, 5.74) is 1.29. The Hall–Kier alpha value is -0.490. The Morgan fingerprint density at radius 2 is 2.32 bits per heavy atom. The monoisotopic (exact) mass is 283 g/mol. The molecular weight excluding hydrogens is 258 g/mol. The zero-order chi connectivity index (χ0) is 13.9. The highest BCUT2D eigenvalue weighted by Gasteiger charge is 2.19. The maximum atomic E-state index is 5.72. The molecule has 0 spiro atoms. The van der Waals surface area contributed by atoms with Crippen molar-refractivity contribution in [1.29, 1.82) is 0 Å². The van der Waals surface area contributed by atoms with Crippen molar-refractivity contribution in [2.45, 2.75) is 38.8 Å². The van der Waals surface area contributed by atoms with Gasteiger partial charge in [-0.1, -0.05) is 20.8 Å². The Labute approximate surface area is 120 Å². The molecule has 5 heteroatoms. The number of aromatic nitrogens is 1. The van der Waals surface area contributed by atoms with Crippen LogP contribution in [0.15, 0.2) is 5.38 Å². The Morgan fingerprint density at radius 3 is 2.95 bits per heavy atom. The molecule has 1 unspecified atom stereocenters. The summed E-state index contributed by atoms with van der Waals surface area (Å²) in [6, 6.07) is 0. The number of nitrogens with zero attached hydrogens (tertiary/aromatic N) is 2. The summed E-state index contributed by atoms with van der Waals surface area (Å²) in [6.45, 7) is 11.2. The maximum Gasteiger partial charge on any atom is 0.0982 e. The van der Waals surface area contributed by atoms with Crippen molar-refractivity contribution in [3.8, 4) is 0 Å². The van der Waals surface area contributed by atoms with Gasteiger partial charge in [-0.05, 0) is 7.05 Å². The summed E-state index contributed by atoms with van der Waals surface area (Å²) in [4.78, 5) is 7.00. The fourth-order valence-electron chi connectivity index (χ4n) is 2.08. The van der Waals surface area contributed by atoms with Crippen molar-refractivity contribution in [3.05, 3.63) is 16.1 Å². The van der Waals surface area contributed by atoms with Gasteiger partial charge in [-0.3, -0.25) is 0 Å². The number of likely N-dealkylation sites (N-methyl/N-ethyl adjacent to an activating group) is 1. The number of hydrogen-bond acceptors (Lipinski definition) is 5. The Kier molecular flexibility index (Phi) is 4.95. The molecule has 108 valence electrons. The van der Waals surface area contributed by atoms with E-state index in [9.17, 15) is 0 Å². The van der Waals surface area contributed by atoms with E-state index < -0.39 is 0 Å². The summed E-state index contributed by atoms with van der Waals surface area (Å²) in [5.74, 6) is 0. The Bertz CT molecular complexity index is 400. The summed E-state index contributed by atoms with van der Waals surface area (Å²) in [5, 5.41) is 6.81. The molecule has 19 heavy (non-hydrogen) atoms. The van der Waals surface area contributed by atoms with E-state index in [1.54, 1.807) is 11.3 Å². The van der Waals surface area contributed by atoms with Crippen LogP contribution in [0.25, 0.3) is 0 Å². The van der Waals surface area contributed by atoms with Crippen LogP contribution in [-0.4, -0.2) is 49.3 Å². The van der Waals surface area contributed by atoms with Gasteiger partial charge >= 0.3 is 0 Å². The first-order chi connectivity index (χ1) is 8.95. The van der Waals surface area contributed by atoms with Crippen molar-refractivity contribution in [3.63, 3.8) is 0 Å². The first-order valence-electron chi connectivity index (χ1n) is 6.91. The van der Waals surface area contributed by atoms with Crippen LogP contribution >= 0.6 is 11.3 Å². The summed E-state index contributed by atoms with van der Waals surface area (Å²) >= 11 is 1.75. The van der Waals surface area contributed by atoms with Gasteiger partial charge in [0.1, 0.15) is 0 Å². The molecule has 0 saturated carbocycles. The normalized spacial score (nSPS) is 21.8. The molecule has 1 saturated heterocycles. The molecule has 2 rings (SSSR count). The standard InChI is InChI=1S/C14H25N3OS/c1-14(2,3)13-16-11(10-19-13)7-15-8-12-9-17(4)5-6-18-12/h10,12,15H,5-9H2,1-4H3. The average Bonchev–Trinajstić information content (AvgIpc) is 2.77. The van der Waals surface area contributed by atoms with E-state index in [0.29, 0.717) is 6.10 Å². The minimum absolute atomic E-state index is 0.151. The van der Waals surface area contributed by atoms with Gasteiger partial charge in [0.15, 0.2) is 0 Å². The minimum Gasteiger partial charge on any atom is -0.374 e. The van der Waals surface area contributed by atoms with Crippen LogP contribution in [0.2, 0.25) is 0 Å². The smallest absolute Gasteiger partial charge is 0.0982 e. The van der Waals surface area contributed by atoms with Crippen molar-refractivity contribution in [2.75, 3.05) is 33.3 Å². The zero-order valence-electron chi connectivity index (χ0n) is 12.4. The van der Waals surface area contributed by atoms with Gasteiger partial charge in [-0.15, -0.1) is 11.3 Å². The molecule has 1 aromatic heterocycles. The summed E-state index contributed by atoms with van der Waals surface area (Å²) in [7, 11) is 2.14. The van der Waals surface area contributed by atoms with Crippen molar-refractivity contribution in [1.82, 2.24) is 15.2 Å². The number of hydrogen-bond donors (Lipinski definition) is 1. The molecule has 0 bridgehead atoms. The first kappa shape index (κ1) is 14.9. The molecular formula is C14H25N3OS. The molecule has 1 aliphatic rings. The third kappa shape index (κ3) is 4.53. The van der Waals surface area contributed by atoms with Gasteiger partial charge in [0.25, 0.3) is 0 Å². The lowest BCUT2D eigenvalue weighted by Crippen LogP contribution is -2.44. The number of thiazole rings is 1. The van der Waals surface area contributed by atoms with Crippen LogP contribution < -0.4 is 5.32 Å². The van der Waals surface area contributed by atoms with E-state index in [2.05, 4.69) is 48.4 Å². The van der Waals surface area contributed by atoms with Gasteiger partial charge in [-0.25, -0.2) is 4.98 Å². The van der Waals surface area contributed by atoms with Crippen LogP contribution in [0, 0.1) is 0 Å². The van der Waals surface area contributed by atoms with E-state index in [1.807, 2.05) is 0 Å². The number of ether oxygens (including phenoxy) is 1. The molecule has 1 N–H and O–H groups in total. The fraction of sp³-hybridized carbons (Fsp3) is 0.786. The Balaban J connectivity index is 1.75. The highest BCUT2D eigenvalue weighted by atomic mass is 32.1. The van der Waals surface area contributed by atoms with Gasteiger partial charge < -0.3 is 15.0 Å². The SMILES string of the molecule is CN1CCOC(CNCc2csc(C(C)(C)C)n2)C1. The van der Waals surface area contributed by atoms with E-state index >= 15 is 0 Å². The second-order valence-electron chi connectivity index (χ2n) is 6.28. The molecule has 0 aliphatic carbocycles. The molecule has 4 nitrogen and oxygen atoms in total. The predicted octanol–water partition coefficient (Wildman–Crippen LogP) is 1.86. The van der Waals surface area contributed by atoms with E-state index in [4.69, 9.17) is 4.74 Å². The molecule has 0 radical (unpaired) electrons. The predicted molar refractivity (Wildman–Crippen MR) is 79.8 cm³/mol. The summed E-state index contributed by atoms with van der Waals surface area (Å²) < 4.78 is 5.72. The molecule has 1 atom stereocenters. The maximum absolute atomic E-state index is 5.72. The largest absolute Gasteiger partial charge is 0.374 e. The lowest BCUT2D eigenvalue weighted by atomic mass is 9.98. The minimum atomic E-state index is 0.151. The van der Waals surface area contributed by atoms with Crippen LogP contribution in [-0.2, 0) is 16.7 Å². The van der Waals surface area contributed by atoms with Gasteiger partial charge in [0.2, 0.25) is 0 Å². The molecule has 2 heterocycles. The lowest BCUT2D eigenvalue weighted by molar-refractivity contribution is -0.0182. The van der Waals surface area contributed by atoms with Crippen LogP contribution in [0.1, 0.15) is 31.5 Å². The second kappa shape index (κ2) is 6.31. The average molecular weight is 283 g/mol. The highest BCUT2D eigenvalue weighted by molar-refractivity contribution is 7.09. The van der Waals surface area contributed by atoms with Crippen molar-refractivity contribution >= 4 is 11.3 Å². The molecule has 1 aliphatic heterocycles. The van der Waals surface area contributed by atoms with Crippen molar-refractivity contribution < 1.29 is 4.74 Å². The summed E-state index contributed by atoms with van der Waals surface area (Å²) in [6.07, 6.45) is 0.305. The molecule has 0 aromatic carbocycles. The molecule has 1 aromatic rings. The van der Waals surface area contributed by atoms with Gasteiger partial charge in [0.05, 0.1) is 23.4 Å². The fourth-order valence-corrected chi connectivity index (χ4v) is 2.99. The third-order valence-corrected chi connectivity index (χ3v) is 4.53. The third-order valence-electron chi connectivity index (χ3n) is 3.21. The van der Waals surface area contributed by atoms with Gasteiger partial charge in [0, 0.05) is 37.0 Å². The Morgan fingerprint density at radius 1 is 1.53 bits per heavy atom. The van der Waals surface area contributed by atoms with Crippen LogP contribution in [0.4, 0.5) is 0 Å². The second-order valence-corrected chi connectivity index (χ2v) is 7.14. The zero-order valence-corrected chi connectivity index (χ0v) is 13.2. The lowest BCUT2D eigenvalue weighted by Gasteiger charge is -2.30. The van der Waals surface area contributed by atoms with Crippen molar-refractivity contribution in [2.24, 2.45) is 0 Å². The number of nitrogens with one attached hydrogen (secondary N) is 1. The molecule has 1 fully saturated rings. The topological polar surface area (TPSA) is 37.4 Å². The van der Waals surface area contributed by atoms with E-state index in [-0.39, 0.29) is 5.41 Å². The number of rotatable bonds is 4.